The molecule has 4 rings (SSSR count). The first-order chi connectivity index (χ1) is 14.4. The summed E-state index contributed by atoms with van der Waals surface area (Å²) in [4.78, 5) is 35.6. The Hall–Kier alpha value is -2.47. The van der Waals surface area contributed by atoms with Crippen molar-refractivity contribution in [3.05, 3.63) is 36.4 Å². The zero-order chi connectivity index (χ0) is 21.1. The fourth-order valence-corrected chi connectivity index (χ4v) is 4.50. The Balaban J connectivity index is 1.20. The number of hydrogen-bond acceptors (Lipinski definition) is 5. The van der Waals surface area contributed by atoms with E-state index in [1.54, 1.807) is 0 Å². The molecule has 0 atom stereocenters. The van der Waals surface area contributed by atoms with Crippen LogP contribution in [-0.4, -0.2) is 65.9 Å². The third-order valence-electron chi connectivity index (χ3n) is 6.25. The van der Waals surface area contributed by atoms with Crippen molar-refractivity contribution in [3.8, 4) is 0 Å². The number of carbonyl (C=O) groups excluding carboxylic acids is 2. The molecular formula is C24H32N4O2. The van der Waals surface area contributed by atoms with Gasteiger partial charge in [-0.25, -0.2) is 4.98 Å². The summed E-state index contributed by atoms with van der Waals surface area (Å²) in [5, 5.41) is 1.18. The number of amides is 2. The van der Waals surface area contributed by atoms with Gasteiger partial charge in [0.25, 0.3) is 0 Å². The highest BCUT2D eigenvalue weighted by Crippen LogP contribution is 2.31. The first kappa shape index (κ1) is 20.8. The van der Waals surface area contributed by atoms with Crippen LogP contribution in [0.15, 0.2) is 36.4 Å². The Kier molecular flexibility index (Phi) is 6.04. The number of para-hydroxylation sites is 1. The van der Waals surface area contributed by atoms with Crippen molar-refractivity contribution in [2.45, 2.75) is 39.5 Å². The largest absolute Gasteiger partial charge is 0.354 e. The van der Waals surface area contributed by atoms with Gasteiger partial charge in [0.2, 0.25) is 11.8 Å². The number of likely N-dealkylation sites (tertiary alicyclic amines) is 1. The number of fused-ring (bicyclic) bond motifs is 1. The number of piperazine rings is 1. The second-order valence-corrected chi connectivity index (χ2v) is 9.35. The van der Waals surface area contributed by atoms with Gasteiger partial charge >= 0.3 is 0 Å². The topological polar surface area (TPSA) is 56.8 Å². The summed E-state index contributed by atoms with van der Waals surface area (Å²) in [6, 6.07) is 12.5. The van der Waals surface area contributed by atoms with Crippen LogP contribution in [0.2, 0.25) is 0 Å². The van der Waals surface area contributed by atoms with Gasteiger partial charge < -0.3 is 4.90 Å². The van der Waals surface area contributed by atoms with Gasteiger partial charge in [0.15, 0.2) is 0 Å². The number of unbranched alkanes of at least 4 members (excludes halogenated alkanes) is 1. The predicted molar refractivity (Wildman–Crippen MR) is 119 cm³/mol. The summed E-state index contributed by atoms with van der Waals surface area (Å²) < 4.78 is 0. The number of carbonyl (C=O) groups is 2. The average Bonchev–Trinajstić information content (AvgIpc) is 2.72. The Morgan fingerprint density at radius 1 is 0.867 bits per heavy atom. The Labute approximate surface area is 178 Å². The van der Waals surface area contributed by atoms with Crippen LogP contribution in [0.4, 0.5) is 5.82 Å². The van der Waals surface area contributed by atoms with E-state index in [1.165, 1.54) is 10.3 Å². The maximum Gasteiger partial charge on any atom is 0.229 e. The number of nitrogens with zero attached hydrogens (tertiary/aromatic N) is 4. The predicted octanol–water partition coefficient (Wildman–Crippen LogP) is 3.31. The molecule has 0 aliphatic carbocycles. The summed E-state index contributed by atoms with van der Waals surface area (Å²) in [5.41, 5.74) is 0.854. The van der Waals surface area contributed by atoms with Crippen molar-refractivity contribution in [1.82, 2.24) is 14.8 Å². The van der Waals surface area contributed by atoms with E-state index in [2.05, 4.69) is 34.1 Å². The summed E-state index contributed by atoms with van der Waals surface area (Å²) in [5.74, 6) is 1.04. The van der Waals surface area contributed by atoms with Crippen LogP contribution < -0.4 is 4.90 Å². The van der Waals surface area contributed by atoms with Gasteiger partial charge in [0, 0.05) is 51.0 Å². The van der Waals surface area contributed by atoms with Crippen LogP contribution in [0.25, 0.3) is 10.9 Å². The lowest BCUT2D eigenvalue weighted by molar-refractivity contribution is -0.152. The van der Waals surface area contributed by atoms with Crippen molar-refractivity contribution in [2.75, 3.05) is 44.2 Å². The smallest absolute Gasteiger partial charge is 0.229 e. The van der Waals surface area contributed by atoms with Gasteiger partial charge in [-0.1, -0.05) is 32.0 Å². The van der Waals surface area contributed by atoms with E-state index < -0.39 is 0 Å². The molecule has 2 fully saturated rings. The summed E-state index contributed by atoms with van der Waals surface area (Å²) in [6.07, 6.45) is 2.84. The molecular weight excluding hydrogens is 376 g/mol. The van der Waals surface area contributed by atoms with E-state index in [1.807, 2.05) is 26.0 Å². The third kappa shape index (κ3) is 4.81. The first-order valence-electron chi connectivity index (χ1n) is 11.1. The van der Waals surface area contributed by atoms with Crippen LogP contribution in [0.1, 0.15) is 39.5 Å². The van der Waals surface area contributed by atoms with E-state index in [0.717, 1.165) is 56.9 Å². The van der Waals surface area contributed by atoms with Crippen molar-refractivity contribution in [3.63, 3.8) is 0 Å². The summed E-state index contributed by atoms with van der Waals surface area (Å²) >= 11 is 0. The highest BCUT2D eigenvalue weighted by atomic mass is 16.2. The van der Waals surface area contributed by atoms with E-state index in [9.17, 15) is 9.59 Å². The third-order valence-corrected chi connectivity index (χ3v) is 6.25. The van der Waals surface area contributed by atoms with Gasteiger partial charge in [0.1, 0.15) is 5.82 Å². The van der Waals surface area contributed by atoms with Gasteiger partial charge in [-0.3, -0.25) is 19.4 Å². The summed E-state index contributed by atoms with van der Waals surface area (Å²) in [6.45, 7) is 9.55. The van der Waals surface area contributed by atoms with Gasteiger partial charge in [0.05, 0.1) is 5.52 Å². The van der Waals surface area contributed by atoms with Crippen LogP contribution in [0, 0.1) is 5.41 Å². The lowest BCUT2D eigenvalue weighted by Crippen LogP contribution is -2.47. The molecule has 0 bridgehead atoms. The monoisotopic (exact) mass is 408 g/mol. The molecule has 30 heavy (non-hydrogen) atoms. The molecule has 1 aromatic carbocycles. The standard InChI is InChI=1S/C24H32N4O2/c1-24(2)17-22(29)28(23(30)18-24)12-6-5-11-26-13-15-27(16-14-26)21-10-9-19-7-3-4-8-20(19)25-21/h3-4,7-10H,5-6,11-18H2,1-2H3. The van der Waals surface area contributed by atoms with E-state index in [-0.39, 0.29) is 17.2 Å². The molecule has 0 unspecified atom stereocenters. The molecule has 2 aliphatic heterocycles. The second-order valence-electron chi connectivity index (χ2n) is 9.35. The average molecular weight is 409 g/mol. The minimum atomic E-state index is -0.190. The molecule has 1 aromatic heterocycles. The molecule has 3 heterocycles. The normalized spacial score (nSPS) is 20.2. The van der Waals surface area contributed by atoms with Gasteiger partial charge in [-0.05, 0) is 43.0 Å². The fraction of sp³-hybridized carbons (Fsp3) is 0.542. The quantitative estimate of drug-likeness (QED) is 0.542. The zero-order valence-electron chi connectivity index (χ0n) is 18.1. The molecule has 0 spiro atoms. The lowest BCUT2D eigenvalue weighted by Gasteiger charge is -2.36. The van der Waals surface area contributed by atoms with E-state index >= 15 is 0 Å². The number of hydrogen-bond donors (Lipinski definition) is 0. The molecule has 2 aliphatic rings. The molecule has 6 heteroatoms. The lowest BCUT2D eigenvalue weighted by atomic mass is 9.82. The first-order valence-corrected chi connectivity index (χ1v) is 11.1. The van der Waals surface area contributed by atoms with E-state index in [4.69, 9.17) is 4.98 Å². The number of benzene rings is 1. The molecule has 0 N–H and O–H groups in total. The number of rotatable bonds is 6. The van der Waals surface area contributed by atoms with Crippen molar-refractivity contribution in [2.24, 2.45) is 5.41 Å². The maximum atomic E-state index is 12.3. The maximum absolute atomic E-state index is 12.3. The fourth-order valence-electron chi connectivity index (χ4n) is 4.50. The minimum Gasteiger partial charge on any atom is -0.354 e. The second kappa shape index (κ2) is 8.72. The van der Waals surface area contributed by atoms with E-state index in [0.29, 0.717) is 19.4 Å². The number of pyridine rings is 1. The van der Waals surface area contributed by atoms with Crippen LogP contribution >= 0.6 is 0 Å². The Bertz CT molecular complexity index is 898. The van der Waals surface area contributed by atoms with Crippen LogP contribution in [0.3, 0.4) is 0 Å². The molecule has 0 radical (unpaired) electrons. The molecule has 2 saturated heterocycles. The molecule has 6 nitrogen and oxygen atoms in total. The van der Waals surface area contributed by atoms with Crippen molar-refractivity contribution >= 4 is 28.5 Å². The minimum absolute atomic E-state index is 0.00671. The Morgan fingerprint density at radius 3 is 2.27 bits per heavy atom. The number of piperidine rings is 1. The van der Waals surface area contributed by atoms with Gasteiger partial charge in [-0.2, -0.15) is 0 Å². The van der Waals surface area contributed by atoms with Crippen molar-refractivity contribution < 1.29 is 9.59 Å². The van der Waals surface area contributed by atoms with Crippen LogP contribution in [-0.2, 0) is 9.59 Å². The SMILES string of the molecule is CC1(C)CC(=O)N(CCCCN2CCN(c3ccc4ccccc4n3)CC2)C(=O)C1. The Morgan fingerprint density at radius 2 is 1.53 bits per heavy atom. The highest BCUT2D eigenvalue weighted by molar-refractivity contribution is 5.98. The summed E-state index contributed by atoms with van der Waals surface area (Å²) in [7, 11) is 0. The molecule has 2 aromatic rings. The zero-order valence-corrected chi connectivity index (χ0v) is 18.1. The molecule has 160 valence electrons. The number of anilines is 1. The van der Waals surface area contributed by atoms with Crippen molar-refractivity contribution in [1.29, 1.82) is 0 Å². The van der Waals surface area contributed by atoms with Crippen LogP contribution in [0.5, 0.6) is 0 Å². The van der Waals surface area contributed by atoms with Gasteiger partial charge in [-0.15, -0.1) is 0 Å². The number of imide groups is 1. The highest BCUT2D eigenvalue weighted by Gasteiger charge is 2.36. The molecule has 2 amide bonds. The molecule has 0 saturated carbocycles. The number of aromatic nitrogens is 1.